The largest absolute Gasteiger partial charge is 0.463 e. The number of hydrogen-bond acceptors (Lipinski definition) is 8. The van der Waals surface area contributed by atoms with Gasteiger partial charge in [-0.3, -0.25) is 14.5 Å². The predicted octanol–water partition coefficient (Wildman–Crippen LogP) is 6.97. The molecule has 1 heterocycles. The fraction of sp³-hybridized carbons (Fsp3) is 0.581. The van der Waals surface area contributed by atoms with Crippen molar-refractivity contribution in [1.82, 2.24) is 15.1 Å². The second kappa shape index (κ2) is 17.5. The van der Waals surface area contributed by atoms with Gasteiger partial charge in [0.05, 0.1) is 25.9 Å². The number of nitrogens with zero attached hydrogens (tertiary/aromatic N) is 2. The molecule has 0 radical (unpaired) electrons. The summed E-state index contributed by atoms with van der Waals surface area (Å²) in [5, 5.41) is 3.05. The lowest BCUT2D eigenvalue weighted by Crippen LogP contribution is -2.63. The van der Waals surface area contributed by atoms with E-state index in [2.05, 4.69) is 5.32 Å². The highest BCUT2D eigenvalue weighted by atomic mass is 16.7. The van der Waals surface area contributed by atoms with Crippen molar-refractivity contribution in [2.45, 2.75) is 118 Å². The maximum absolute atomic E-state index is 14.8. The second-order valence-corrected chi connectivity index (χ2v) is 17.0. The Hall–Kier alpha value is -4.22. The van der Waals surface area contributed by atoms with E-state index in [9.17, 15) is 19.2 Å². The summed E-state index contributed by atoms with van der Waals surface area (Å²) in [6.45, 7) is 23.1. The Morgan fingerprint density at radius 2 is 1.39 bits per heavy atom. The monoisotopic (exact) mass is 749 g/mol. The summed E-state index contributed by atoms with van der Waals surface area (Å²) in [7, 11) is 3.21. The molecule has 54 heavy (non-hydrogen) atoms. The molecular formula is C43H63N3O8. The number of amides is 3. The van der Waals surface area contributed by atoms with Crippen molar-refractivity contribution in [2.24, 2.45) is 11.3 Å². The van der Waals surface area contributed by atoms with Crippen molar-refractivity contribution in [3.63, 3.8) is 0 Å². The van der Waals surface area contributed by atoms with Crippen molar-refractivity contribution >= 4 is 23.9 Å². The molecule has 0 unspecified atom stereocenters. The third kappa shape index (κ3) is 10.3. The van der Waals surface area contributed by atoms with Gasteiger partial charge in [-0.15, -0.1) is 0 Å². The molecule has 298 valence electrons. The summed E-state index contributed by atoms with van der Waals surface area (Å²) in [5.41, 5.74) is 0.251. The van der Waals surface area contributed by atoms with Gasteiger partial charge in [-0.2, -0.15) is 0 Å². The van der Waals surface area contributed by atoms with E-state index in [1.807, 2.05) is 103 Å². The average molecular weight is 750 g/mol. The van der Waals surface area contributed by atoms with Crippen molar-refractivity contribution in [3.8, 4) is 0 Å². The average Bonchev–Trinajstić information content (AvgIpc) is 3.59. The summed E-state index contributed by atoms with van der Waals surface area (Å²) in [4.78, 5) is 58.2. The van der Waals surface area contributed by atoms with E-state index < -0.39 is 58.3 Å². The lowest BCUT2D eigenvalue weighted by Gasteiger charge is -2.42. The number of rotatable bonds is 13. The van der Waals surface area contributed by atoms with E-state index in [1.54, 1.807) is 52.6 Å². The van der Waals surface area contributed by atoms with E-state index in [0.717, 1.165) is 16.7 Å². The van der Waals surface area contributed by atoms with E-state index in [0.29, 0.717) is 18.8 Å². The zero-order chi connectivity index (χ0) is 40.8. The maximum atomic E-state index is 14.8. The molecule has 1 aliphatic heterocycles. The summed E-state index contributed by atoms with van der Waals surface area (Å²) >= 11 is 0. The molecule has 3 amide bonds. The quantitative estimate of drug-likeness (QED) is 0.172. The molecule has 11 heteroatoms. The summed E-state index contributed by atoms with van der Waals surface area (Å²) in [6, 6.07) is 14.8. The smallest absolute Gasteiger partial charge is 0.410 e. The Bertz CT molecular complexity index is 1630. The molecule has 0 spiro atoms. The highest BCUT2D eigenvalue weighted by Gasteiger charge is 2.47. The highest BCUT2D eigenvalue weighted by Crippen LogP contribution is 2.40. The summed E-state index contributed by atoms with van der Waals surface area (Å²) in [5.74, 6) is -2.45. The standard InChI is InChI=1S/C43H63N3O8/c1-15-51-38(49)29(4)27-33(28(2)3)45(13)37(48)34(40(5,6)7)44-36(47)35(46(14)39(50)54-41(8,9)10)42(11,12)30-21-23-32(24-22-30)43(52-25-26-53-43)31-19-17-16-18-20-31/h16-24,27-28,33-35H,15,25-26H2,1-14H3,(H,44,47)/t33-,34-,35-/m1/s1. The second-order valence-electron chi connectivity index (χ2n) is 17.0. The minimum Gasteiger partial charge on any atom is -0.463 e. The van der Waals surface area contributed by atoms with Crippen molar-refractivity contribution in [2.75, 3.05) is 33.9 Å². The number of benzene rings is 2. The van der Waals surface area contributed by atoms with E-state index >= 15 is 0 Å². The molecule has 1 saturated heterocycles. The number of hydrogen-bond donors (Lipinski definition) is 1. The Morgan fingerprint density at radius 3 is 1.87 bits per heavy atom. The minimum atomic E-state index is -1.12. The maximum Gasteiger partial charge on any atom is 0.410 e. The molecule has 2 aromatic rings. The van der Waals surface area contributed by atoms with Crippen molar-refractivity contribution in [1.29, 1.82) is 0 Å². The van der Waals surface area contributed by atoms with Crippen LogP contribution in [0.5, 0.6) is 0 Å². The Labute approximate surface area is 322 Å². The van der Waals surface area contributed by atoms with Crippen LogP contribution in [0.15, 0.2) is 66.2 Å². The summed E-state index contributed by atoms with van der Waals surface area (Å²) < 4.78 is 23.4. The lowest BCUT2D eigenvalue weighted by molar-refractivity contribution is -0.142. The summed E-state index contributed by atoms with van der Waals surface area (Å²) in [6.07, 6.45) is 1.05. The normalized spacial score (nSPS) is 16.6. The molecule has 0 saturated carbocycles. The van der Waals surface area contributed by atoms with Crippen LogP contribution in [-0.4, -0.2) is 91.3 Å². The third-order valence-corrected chi connectivity index (χ3v) is 9.75. The Balaban J connectivity index is 2.07. The first-order valence-corrected chi connectivity index (χ1v) is 18.8. The van der Waals surface area contributed by atoms with Crippen LogP contribution >= 0.6 is 0 Å². The van der Waals surface area contributed by atoms with Crippen LogP contribution in [0.1, 0.15) is 99.8 Å². The van der Waals surface area contributed by atoms with Gasteiger partial charge in [0, 0.05) is 36.2 Å². The van der Waals surface area contributed by atoms with Gasteiger partial charge >= 0.3 is 12.1 Å². The van der Waals surface area contributed by atoms with Crippen molar-refractivity contribution in [3.05, 3.63) is 82.9 Å². The molecule has 11 nitrogen and oxygen atoms in total. The zero-order valence-electron chi connectivity index (χ0n) is 34.9. The number of nitrogens with one attached hydrogen (secondary N) is 1. The zero-order valence-corrected chi connectivity index (χ0v) is 34.9. The lowest BCUT2D eigenvalue weighted by atomic mass is 9.75. The van der Waals surface area contributed by atoms with Gasteiger partial charge in [0.15, 0.2) is 0 Å². The van der Waals surface area contributed by atoms with Crippen LogP contribution in [0.2, 0.25) is 0 Å². The van der Waals surface area contributed by atoms with Gasteiger partial charge in [-0.25, -0.2) is 9.59 Å². The molecule has 1 aliphatic rings. The topological polar surface area (TPSA) is 124 Å². The molecule has 0 aromatic heterocycles. The molecule has 1 fully saturated rings. The van der Waals surface area contributed by atoms with E-state index in [4.69, 9.17) is 18.9 Å². The Morgan fingerprint density at radius 1 is 0.852 bits per heavy atom. The van der Waals surface area contributed by atoms with Gasteiger partial charge < -0.3 is 29.2 Å². The Kier molecular flexibility index (Phi) is 14.3. The first-order chi connectivity index (χ1) is 25.0. The minimum absolute atomic E-state index is 0.0614. The SMILES string of the molecule is CCOC(=O)C(C)=C[C@H](C(C)C)N(C)C(=O)[C@@H](NC(=O)[C@@H](N(C)C(=O)OC(C)(C)C)C(C)(C)c1ccc(C2(c3ccccc3)OCCO2)cc1)C(C)(C)C. The molecular weight excluding hydrogens is 686 g/mol. The first-order valence-electron chi connectivity index (χ1n) is 18.8. The molecule has 0 aliphatic carbocycles. The fourth-order valence-electron chi connectivity index (χ4n) is 6.82. The van der Waals surface area contributed by atoms with Gasteiger partial charge in [-0.05, 0) is 51.5 Å². The molecule has 1 N–H and O–H groups in total. The van der Waals surface area contributed by atoms with Crippen LogP contribution in [0.4, 0.5) is 4.79 Å². The molecule has 3 atom stereocenters. The fourth-order valence-corrected chi connectivity index (χ4v) is 6.82. The number of likely N-dealkylation sites (N-methyl/N-ethyl adjacent to an activating group) is 2. The first kappa shape index (κ1) is 44.2. The third-order valence-electron chi connectivity index (χ3n) is 9.75. The number of esters is 1. The molecule has 0 bridgehead atoms. The van der Waals surface area contributed by atoms with Crippen LogP contribution in [0.3, 0.4) is 0 Å². The van der Waals surface area contributed by atoms with E-state index in [1.165, 1.54) is 11.9 Å². The van der Waals surface area contributed by atoms with Crippen molar-refractivity contribution < 1.29 is 38.1 Å². The van der Waals surface area contributed by atoms with Crippen LogP contribution in [0.25, 0.3) is 0 Å². The van der Waals surface area contributed by atoms with Gasteiger partial charge in [0.25, 0.3) is 0 Å². The van der Waals surface area contributed by atoms with E-state index in [-0.39, 0.29) is 18.4 Å². The predicted molar refractivity (Wildman–Crippen MR) is 210 cm³/mol. The number of carbonyl (C=O) groups is 4. The van der Waals surface area contributed by atoms with Gasteiger partial charge in [-0.1, -0.05) is 109 Å². The molecule has 2 aromatic carbocycles. The van der Waals surface area contributed by atoms with Gasteiger partial charge in [0.2, 0.25) is 17.6 Å². The van der Waals surface area contributed by atoms with Crippen LogP contribution in [-0.2, 0) is 44.5 Å². The number of carbonyl (C=O) groups excluding carboxylic acids is 4. The highest BCUT2D eigenvalue weighted by molar-refractivity contribution is 5.93. The number of ether oxygens (including phenoxy) is 4. The van der Waals surface area contributed by atoms with Crippen LogP contribution in [0, 0.1) is 11.3 Å². The van der Waals surface area contributed by atoms with Gasteiger partial charge in [0.1, 0.15) is 17.7 Å². The van der Waals surface area contributed by atoms with Crippen LogP contribution < -0.4 is 5.32 Å². The molecule has 3 rings (SSSR count).